The molecular formula is C8H3F3O2S2. The molecule has 0 fully saturated rings. The van der Waals surface area contributed by atoms with E-state index >= 15 is 0 Å². The molecule has 80 valence electrons. The van der Waals surface area contributed by atoms with Gasteiger partial charge in [-0.15, -0.1) is 22.7 Å². The Labute approximate surface area is 89.6 Å². The summed E-state index contributed by atoms with van der Waals surface area (Å²) in [6, 6.07) is 1.07. The first-order valence-corrected chi connectivity index (χ1v) is 5.37. The zero-order chi connectivity index (χ0) is 11.2. The maximum atomic E-state index is 12.8. The quantitative estimate of drug-likeness (QED) is 0.884. The molecule has 0 unspecified atom stereocenters. The van der Waals surface area contributed by atoms with E-state index in [-0.39, 0.29) is 9.40 Å². The normalized spacial score (nSPS) is 11.5. The van der Waals surface area contributed by atoms with Crippen LogP contribution in [-0.2, 0) is 0 Å². The van der Waals surface area contributed by atoms with Gasteiger partial charge in [-0.05, 0) is 0 Å². The fraction of sp³-hybridized carbons (Fsp3) is 0.125. The third kappa shape index (κ3) is 1.61. The maximum Gasteiger partial charge on any atom is 0.346 e. The summed E-state index contributed by atoms with van der Waals surface area (Å²) in [5.41, 5.74) is -0.573. The van der Waals surface area contributed by atoms with Crippen molar-refractivity contribution >= 4 is 38.0 Å². The van der Waals surface area contributed by atoms with E-state index in [0.717, 1.165) is 6.07 Å². The first-order chi connectivity index (χ1) is 7.00. The molecule has 0 aliphatic heterocycles. The molecule has 0 saturated carbocycles. The second-order valence-corrected chi connectivity index (χ2v) is 4.75. The number of carbonyl (C=O) groups is 1. The number of thiophene rings is 2. The first kappa shape index (κ1) is 10.4. The highest BCUT2D eigenvalue weighted by atomic mass is 32.1. The molecule has 7 heteroatoms. The Morgan fingerprint density at radius 3 is 2.60 bits per heavy atom. The van der Waals surface area contributed by atoms with E-state index in [4.69, 9.17) is 5.11 Å². The van der Waals surface area contributed by atoms with E-state index in [1.165, 1.54) is 0 Å². The summed E-state index contributed by atoms with van der Waals surface area (Å²) < 4.78 is 38.2. The van der Waals surface area contributed by atoms with Crippen LogP contribution in [0.5, 0.6) is 0 Å². The molecule has 0 amide bonds. The van der Waals surface area contributed by atoms with Crippen LogP contribution in [0.15, 0.2) is 6.07 Å². The first-order valence-electron chi connectivity index (χ1n) is 3.74. The Kier molecular flexibility index (Phi) is 2.43. The predicted molar refractivity (Wildman–Crippen MR) is 51.6 cm³/mol. The van der Waals surface area contributed by atoms with Gasteiger partial charge in [0.2, 0.25) is 0 Å². The minimum atomic E-state index is -2.90. The lowest BCUT2D eigenvalue weighted by Gasteiger charge is -1.97. The van der Waals surface area contributed by atoms with E-state index in [9.17, 15) is 18.0 Å². The zero-order valence-corrected chi connectivity index (χ0v) is 8.59. The molecule has 2 nitrogen and oxygen atoms in total. The second-order valence-electron chi connectivity index (χ2n) is 2.69. The van der Waals surface area contributed by atoms with Crippen molar-refractivity contribution in [3.8, 4) is 0 Å². The van der Waals surface area contributed by atoms with Gasteiger partial charge in [-0.1, -0.05) is 0 Å². The molecule has 2 heterocycles. The lowest BCUT2D eigenvalue weighted by atomic mass is 10.2. The predicted octanol–water partition coefficient (Wildman–Crippen LogP) is 3.74. The molecule has 2 aromatic heterocycles. The SMILES string of the molecule is O=C(O)c1sc2cc(F)sc2c1C(F)F. The average molecular weight is 252 g/mol. The molecule has 2 aromatic rings. The van der Waals surface area contributed by atoms with Crippen LogP contribution in [0.4, 0.5) is 13.2 Å². The Hall–Kier alpha value is -1.08. The number of aromatic carboxylic acids is 1. The summed E-state index contributed by atoms with van der Waals surface area (Å²) in [5, 5.41) is 8.10. The van der Waals surface area contributed by atoms with Crippen molar-refractivity contribution < 1.29 is 23.1 Å². The van der Waals surface area contributed by atoms with Gasteiger partial charge in [0.15, 0.2) is 5.13 Å². The zero-order valence-electron chi connectivity index (χ0n) is 6.96. The molecule has 0 aliphatic rings. The number of fused-ring (bicyclic) bond motifs is 1. The summed E-state index contributed by atoms with van der Waals surface area (Å²) in [5.74, 6) is -1.40. The fourth-order valence-corrected chi connectivity index (χ4v) is 3.43. The molecule has 0 bridgehead atoms. The molecular weight excluding hydrogens is 249 g/mol. The van der Waals surface area contributed by atoms with Crippen molar-refractivity contribution in [1.29, 1.82) is 0 Å². The van der Waals surface area contributed by atoms with Gasteiger partial charge in [0, 0.05) is 10.8 Å². The highest BCUT2D eigenvalue weighted by Crippen LogP contribution is 2.41. The summed E-state index contributed by atoms with van der Waals surface area (Å²) >= 11 is 1.22. The molecule has 0 atom stereocenters. The number of carboxylic acid groups (broad SMARTS) is 1. The van der Waals surface area contributed by atoms with Crippen molar-refractivity contribution in [2.75, 3.05) is 0 Å². The summed E-state index contributed by atoms with van der Waals surface area (Å²) in [6.45, 7) is 0. The third-order valence-electron chi connectivity index (χ3n) is 1.78. The van der Waals surface area contributed by atoms with Gasteiger partial charge in [-0.25, -0.2) is 13.6 Å². The van der Waals surface area contributed by atoms with Crippen LogP contribution in [0, 0.1) is 5.13 Å². The monoisotopic (exact) mass is 252 g/mol. The molecule has 0 aliphatic carbocycles. The molecule has 0 spiro atoms. The number of hydrogen-bond donors (Lipinski definition) is 1. The van der Waals surface area contributed by atoms with Gasteiger partial charge in [-0.3, -0.25) is 0 Å². The number of hydrogen-bond acceptors (Lipinski definition) is 3. The number of carboxylic acids is 1. The molecule has 1 N–H and O–H groups in total. The summed E-state index contributed by atoms with van der Waals surface area (Å²) in [7, 11) is 0. The molecule has 0 saturated heterocycles. The number of rotatable bonds is 2. The lowest BCUT2D eigenvalue weighted by Crippen LogP contribution is -1.97. The van der Waals surface area contributed by atoms with E-state index in [1.807, 2.05) is 0 Å². The minimum Gasteiger partial charge on any atom is -0.477 e. The summed E-state index contributed by atoms with van der Waals surface area (Å²) in [4.78, 5) is 10.3. The van der Waals surface area contributed by atoms with Crippen LogP contribution in [0.3, 0.4) is 0 Å². The average Bonchev–Trinajstić information content (AvgIpc) is 2.58. The van der Waals surface area contributed by atoms with Gasteiger partial charge in [0.1, 0.15) is 4.88 Å². The van der Waals surface area contributed by atoms with Gasteiger partial charge in [-0.2, -0.15) is 4.39 Å². The van der Waals surface area contributed by atoms with Crippen LogP contribution in [0.1, 0.15) is 21.7 Å². The van der Waals surface area contributed by atoms with Crippen LogP contribution in [-0.4, -0.2) is 11.1 Å². The van der Waals surface area contributed by atoms with Gasteiger partial charge >= 0.3 is 5.97 Å². The Bertz CT molecular complexity index is 529. The van der Waals surface area contributed by atoms with Crippen molar-refractivity contribution in [2.45, 2.75) is 6.43 Å². The van der Waals surface area contributed by atoms with E-state index < -0.39 is 28.0 Å². The Morgan fingerprint density at radius 1 is 1.40 bits per heavy atom. The van der Waals surface area contributed by atoms with Crippen molar-refractivity contribution in [3.05, 3.63) is 21.6 Å². The standard InChI is InChI=1S/C8H3F3O2S2/c9-3-1-2-5(15-3)4(7(10)11)6(14-2)8(12)13/h1,7H,(H,12,13). The molecule has 15 heavy (non-hydrogen) atoms. The minimum absolute atomic E-state index is 0.0323. The molecule has 0 radical (unpaired) electrons. The Morgan fingerprint density at radius 2 is 2.07 bits per heavy atom. The van der Waals surface area contributed by atoms with Crippen LogP contribution in [0.25, 0.3) is 9.40 Å². The van der Waals surface area contributed by atoms with E-state index in [2.05, 4.69) is 0 Å². The molecule has 2 rings (SSSR count). The lowest BCUT2D eigenvalue weighted by molar-refractivity contribution is 0.0691. The van der Waals surface area contributed by atoms with Gasteiger partial charge in [0.25, 0.3) is 6.43 Å². The Balaban J connectivity index is 2.77. The van der Waals surface area contributed by atoms with Crippen LogP contribution < -0.4 is 0 Å². The maximum absolute atomic E-state index is 12.8. The number of alkyl halides is 2. The second kappa shape index (κ2) is 3.49. The largest absolute Gasteiger partial charge is 0.477 e. The van der Waals surface area contributed by atoms with E-state index in [1.54, 1.807) is 0 Å². The molecule has 0 aromatic carbocycles. The highest BCUT2D eigenvalue weighted by Gasteiger charge is 2.26. The topological polar surface area (TPSA) is 37.3 Å². The highest BCUT2D eigenvalue weighted by molar-refractivity contribution is 7.28. The van der Waals surface area contributed by atoms with Crippen molar-refractivity contribution in [1.82, 2.24) is 0 Å². The van der Waals surface area contributed by atoms with Crippen LogP contribution in [0.2, 0.25) is 0 Å². The summed E-state index contributed by atoms with van der Waals surface area (Å²) in [6.07, 6.45) is -2.90. The van der Waals surface area contributed by atoms with Crippen molar-refractivity contribution in [3.63, 3.8) is 0 Å². The third-order valence-corrected chi connectivity index (χ3v) is 4.01. The van der Waals surface area contributed by atoms with Crippen LogP contribution >= 0.6 is 22.7 Å². The fourth-order valence-electron chi connectivity index (χ4n) is 1.23. The van der Waals surface area contributed by atoms with Gasteiger partial charge in [0.05, 0.1) is 10.3 Å². The smallest absolute Gasteiger partial charge is 0.346 e. The van der Waals surface area contributed by atoms with Gasteiger partial charge < -0.3 is 5.11 Å². The van der Waals surface area contributed by atoms with Crippen molar-refractivity contribution in [2.24, 2.45) is 0 Å². The van der Waals surface area contributed by atoms with E-state index in [0.29, 0.717) is 22.7 Å². The number of halogens is 3.